The zero-order valence-electron chi connectivity index (χ0n) is 12.2. The SMILES string of the molecule is CCOC1CN(C(=O)N2N=CC[C@H]2c2cc(F)cc(F)c2)C1. The van der Waals surface area contributed by atoms with Gasteiger partial charge in [0.2, 0.25) is 0 Å². The van der Waals surface area contributed by atoms with Crippen LogP contribution in [0.25, 0.3) is 0 Å². The number of ether oxygens (including phenoxy) is 1. The van der Waals surface area contributed by atoms with E-state index in [1.807, 2.05) is 6.92 Å². The predicted molar refractivity (Wildman–Crippen MR) is 76.4 cm³/mol. The number of halogens is 2. The van der Waals surface area contributed by atoms with E-state index in [4.69, 9.17) is 4.74 Å². The van der Waals surface area contributed by atoms with E-state index < -0.39 is 17.7 Å². The third-order valence-corrected chi connectivity index (χ3v) is 3.82. The number of hydrogen-bond acceptors (Lipinski definition) is 3. The first-order chi connectivity index (χ1) is 10.6. The lowest BCUT2D eigenvalue weighted by Gasteiger charge is -2.40. The van der Waals surface area contributed by atoms with Gasteiger partial charge in [-0.05, 0) is 24.6 Å². The first-order valence-electron chi connectivity index (χ1n) is 7.26. The first kappa shape index (κ1) is 14.9. The number of carbonyl (C=O) groups is 1. The molecule has 0 unspecified atom stereocenters. The van der Waals surface area contributed by atoms with E-state index in [1.165, 1.54) is 17.1 Å². The van der Waals surface area contributed by atoms with E-state index in [-0.39, 0.29) is 12.1 Å². The van der Waals surface area contributed by atoms with Crippen molar-refractivity contribution in [2.45, 2.75) is 25.5 Å². The van der Waals surface area contributed by atoms with E-state index in [2.05, 4.69) is 5.10 Å². The van der Waals surface area contributed by atoms with E-state index in [9.17, 15) is 13.6 Å². The summed E-state index contributed by atoms with van der Waals surface area (Å²) in [6.07, 6.45) is 2.09. The molecule has 0 radical (unpaired) electrons. The summed E-state index contributed by atoms with van der Waals surface area (Å²) in [5.74, 6) is -1.32. The zero-order valence-corrected chi connectivity index (χ0v) is 12.2. The second-order valence-corrected chi connectivity index (χ2v) is 5.36. The number of carbonyl (C=O) groups excluding carboxylic acids is 1. The predicted octanol–water partition coefficient (Wildman–Crippen LogP) is 2.54. The van der Waals surface area contributed by atoms with Gasteiger partial charge in [0.15, 0.2) is 0 Å². The topological polar surface area (TPSA) is 45.1 Å². The van der Waals surface area contributed by atoms with Gasteiger partial charge >= 0.3 is 6.03 Å². The molecule has 1 saturated heterocycles. The molecule has 5 nitrogen and oxygen atoms in total. The number of rotatable bonds is 3. The molecule has 0 N–H and O–H groups in total. The Balaban J connectivity index is 1.70. The minimum absolute atomic E-state index is 0.0607. The van der Waals surface area contributed by atoms with Crippen LogP contribution in [0.4, 0.5) is 13.6 Å². The van der Waals surface area contributed by atoms with Crippen LogP contribution in [0.3, 0.4) is 0 Å². The number of nitrogens with zero attached hydrogens (tertiary/aromatic N) is 3. The second kappa shape index (κ2) is 6.00. The summed E-state index contributed by atoms with van der Waals surface area (Å²) in [7, 11) is 0. The fourth-order valence-electron chi connectivity index (χ4n) is 2.72. The average molecular weight is 309 g/mol. The Morgan fingerprint density at radius 3 is 2.64 bits per heavy atom. The van der Waals surface area contributed by atoms with Crippen molar-refractivity contribution in [3.63, 3.8) is 0 Å². The molecule has 22 heavy (non-hydrogen) atoms. The van der Waals surface area contributed by atoms with Crippen molar-refractivity contribution in [1.29, 1.82) is 0 Å². The summed E-state index contributed by atoms with van der Waals surface area (Å²) in [6, 6.07) is 2.56. The van der Waals surface area contributed by atoms with Crippen LogP contribution in [0.2, 0.25) is 0 Å². The molecule has 2 amide bonds. The highest BCUT2D eigenvalue weighted by Gasteiger charge is 2.38. The second-order valence-electron chi connectivity index (χ2n) is 5.36. The Morgan fingerprint density at radius 2 is 2.00 bits per heavy atom. The number of hydrogen-bond donors (Lipinski definition) is 0. The van der Waals surface area contributed by atoms with Gasteiger partial charge in [-0.3, -0.25) is 0 Å². The highest BCUT2D eigenvalue weighted by molar-refractivity contribution is 5.79. The van der Waals surface area contributed by atoms with Crippen LogP contribution in [0.1, 0.15) is 24.9 Å². The normalized spacial score (nSPS) is 21.3. The lowest BCUT2D eigenvalue weighted by atomic mass is 10.0. The van der Waals surface area contributed by atoms with Crippen molar-refractivity contribution in [1.82, 2.24) is 9.91 Å². The fraction of sp³-hybridized carbons (Fsp3) is 0.467. The molecule has 2 aliphatic rings. The van der Waals surface area contributed by atoms with Gasteiger partial charge in [0.05, 0.1) is 25.2 Å². The number of amides is 2. The minimum atomic E-state index is -0.658. The lowest BCUT2D eigenvalue weighted by molar-refractivity contribution is -0.0373. The van der Waals surface area contributed by atoms with Crippen LogP contribution in [-0.4, -0.2) is 48.0 Å². The van der Waals surface area contributed by atoms with Crippen LogP contribution in [0.15, 0.2) is 23.3 Å². The van der Waals surface area contributed by atoms with Crippen molar-refractivity contribution in [3.8, 4) is 0 Å². The third kappa shape index (κ3) is 2.81. The average Bonchev–Trinajstić information content (AvgIpc) is 2.90. The summed E-state index contributed by atoms with van der Waals surface area (Å²) in [6.45, 7) is 3.55. The third-order valence-electron chi connectivity index (χ3n) is 3.82. The fourth-order valence-corrected chi connectivity index (χ4v) is 2.72. The van der Waals surface area contributed by atoms with Gasteiger partial charge in [-0.1, -0.05) is 0 Å². The number of hydrazone groups is 1. The van der Waals surface area contributed by atoms with Gasteiger partial charge in [0, 0.05) is 25.3 Å². The Morgan fingerprint density at radius 1 is 1.32 bits per heavy atom. The molecular formula is C15H17F2N3O2. The maximum atomic E-state index is 13.4. The molecule has 3 rings (SSSR count). The van der Waals surface area contributed by atoms with Crippen LogP contribution >= 0.6 is 0 Å². The van der Waals surface area contributed by atoms with E-state index in [0.717, 1.165) is 6.07 Å². The molecule has 7 heteroatoms. The maximum absolute atomic E-state index is 13.4. The Kier molecular flexibility index (Phi) is 4.06. The molecule has 1 atom stereocenters. The number of likely N-dealkylation sites (tertiary alicyclic amines) is 1. The summed E-state index contributed by atoms with van der Waals surface area (Å²) in [5, 5.41) is 5.35. The van der Waals surface area contributed by atoms with Crippen LogP contribution in [0, 0.1) is 11.6 Å². The molecule has 2 aliphatic heterocycles. The molecule has 1 aromatic carbocycles. The molecule has 0 spiro atoms. The first-order valence-corrected chi connectivity index (χ1v) is 7.26. The molecule has 0 aliphatic carbocycles. The monoisotopic (exact) mass is 309 g/mol. The highest BCUT2D eigenvalue weighted by atomic mass is 19.1. The van der Waals surface area contributed by atoms with Crippen LogP contribution in [0.5, 0.6) is 0 Å². The van der Waals surface area contributed by atoms with Crippen molar-refractivity contribution < 1.29 is 18.3 Å². The Hall–Kier alpha value is -2.02. The van der Waals surface area contributed by atoms with Gasteiger partial charge in [0.25, 0.3) is 0 Å². The summed E-state index contributed by atoms with van der Waals surface area (Å²) < 4.78 is 32.2. The van der Waals surface area contributed by atoms with Crippen molar-refractivity contribution in [2.75, 3.05) is 19.7 Å². The van der Waals surface area contributed by atoms with E-state index >= 15 is 0 Å². The maximum Gasteiger partial charge on any atom is 0.341 e. The zero-order chi connectivity index (χ0) is 15.7. The minimum Gasteiger partial charge on any atom is -0.375 e. The Bertz CT molecular complexity index is 582. The van der Waals surface area contributed by atoms with Gasteiger partial charge in [0.1, 0.15) is 11.6 Å². The summed E-state index contributed by atoms with van der Waals surface area (Å²) in [5.41, 5.74) is 0.408. The molecule has 118 valence electrons. The van der Waals surface area contributed by atoms with Crippen molar-refractivity contribution >= 4 is 12.2 Å². The van der Waals surface area contributed by atoms with Gasteiger partial charge in [-0.15, -0.1) is 0 Å². The molecule has 0 aromatic heterocycles. The standard InChI is InChI=1S/C15H17F2N3O2/c1-2-22-13-8-19(9-13)15(21)20-14(3-4-18-20)10-5-11(16)7-12(17)6-10/h4-7,13-14H,2-3,8-9H2,1H3/t14-/m0/s1. The van der Waals surface area contributed by atoms with Crippen molar-refractivity contribution in [3.05, 3.63) is 35.4 Å². The molecule has 0 bridgehead atoms. The molecule has 1 fully saturated rings. The van der Waals surface area contributed by atoms with Crippen LogP contribution < -0.4 is 0 Å². The van der Waals surface area contributed by atoms with Gasteiger partial charge in [-0.2, -0.15) is 5.10 Å². The van der Waals surface area contributed by atoms with Crippen LogP contribution in [-0.2, 0) is 4.74 Å². The van der Waals surface area contributed by atoms with E-state index in [0.29, 0.717) is 31.7 Å². The van der Waals surface area contributed by atoms with Gasteiger partial charge in [-0.25, -0.2) is 18.6 Å². The molecular weight excluding hydrogens is 292 g/mol. The van der Waals surface area contributed by atoms with Gasteiger partial charge < -0.3 is 9.64 Å². The quantitative estimate of drug-likeness (QED) is 0.861. The summed E-state index contributed by atoms with van der Waals surface area (Å²) in [4.78, 5) is 14.0. The largest absolute Gasteiger partial charge is 0.375 e. The Labute approximate surface area is 127 Å². The molecule has 1 aromatic rings. The molecule has 2 heterocycles. The number of urea groups is 1. The highest BCUT2D eigenvalue weighted by Crippen LogP contribution is 2.31. The number of benzene rings is 1. The summed E-state index contributed by atoms with van der Waals surface area (Å²) >= 11 is 0. The van der Waals surface area contributed by atoms with Crippen molar-refractivity contribution in [2.24, 2.45) is 5.10 Å². The lowest BCUT2D eigenvalue weighted by Crippen LogP contribution is -2.57. The van der Waals surface area contributed by atoms with E-state index in [1.54, 1.807) is 11.1 Å². The molecule has 0 saturated carbocycles. The smallest absolute Gasteiger partial charge is 0.341 e.